The van der Waals surface area contributed by atoms with E-state index in [1.165, 1.54) is 81.7 Å². The van der Waals surface area contributed by atoms with Gasteiger partial charge in [0, 0.05) is 27.4 Å². The summed E-state index contributed by atoms with van der Waals surface area (Å²) < 4.78 is 0. The Bertz CT molecular complexity index is 1580. The van der Waals surface area contributed by atoms with Gasteiger partial charge in [0.2, 0.25) is 5.69 Å². The molecule has 2 heteroatoms. The zero-order valence-electron chi connectivity index (χ0n) is 24.9. The molecular weight excluding hydrogens is 472 g/mol. The molecule has 1 spiro atoms. The first-order valence-electron chi connectivity index (χ1n) is 15.4. The van der Waals surface area contributed by atoms with Crippen LogP contribution in [0.15, 0.2) is 42.5 Å². The highest BCUT2D eigenvalue weighted by Crippen LogP contribution is 2.58. The molecule has 1 saturated carbocycles. The van der Waals surface area contributed by atoms with Crippen LogP contribution in [0.2, 0.25) is 0 Å². The third-order valence-corrected chi connectivity index (χ3v) is 10.9. The summed E-state index contributed by atoms with van der Waals surface area (Å²) in [5.41, 5.74) is 11.7. The summed E-state index contributed by atoms with van der Waals surface area (Å²) in [4.78, 5) is 8.22. The Kier molecular flexibility index (Phi) is 6.22. The number of aryl methyl sites for hydroxylation is 1. The highest BCUT2D eigenvalue weighted by Gasteiger charge is 2.44. The lowest BCUT2D eigenvalue weighted by atomic mass is 9.73. The number of hydrogen-bond donors (Lipinski definition) is 1. The van der Waals surface area contributed by atoms with Gasteiger partial charge in [-0.05, 0) is 101 Å². The molecule has 6 rings (SSSR count). The molecule has 39 heavy (non-hydrogen) atoms. The van der Waals surface area contributed by atoms with Crippen molar-refractivity contribution in [1.29, 1.82) is 0 Å². The summed E-state index contributed by atoms with van der Waals surface area (Å²) in [5.74, 6) is 0. The van der Waals surface area contributed by atoms with Crippen LogP contribution in [-0.4, -0.2) is 4.98 Å². The first-order valence-corrected chi connectivity index (χ1v) is 15.4. The largest absolute Gasteiger partial charge is 0.355 e. The molecule has 0 amide bonds. The summed E-state index contributed by atoms with van der Waals surface area (Å²) in [5, 5.41) is 2.75. The quantitative estimate of drug-likeness (QED) is 0.255. The van der Waals surface area contributed by atoms with E-state index in [-0.39, 0.29) is 16.2 Å². The van der Waals surface area contributed by atoms with Gasteiger partial charge in [0.25, 0.3) is 0 Å². The fraction of sp³-hybridized carbons (Fsp3) is 0.486. The average Bonchev–Trinajstić information content (AvgIpc) is 3.66. The number of hydrogen-bond acceptors (Lipinski definition) is 0. The minimum Gasteiger partial charge on any atom is -0.355 e. The molecule has 202 valence electrons. The number of H-pyrrole nitrogens is 1. The molecule has 1 heterocycles. The Morgan fingerprint density at radius 2 is 1.51 bits per heavy atom. The molecule has 0 unspecified atom stereocenters. The Hall–Kier alpha value is -3.05. The summed E-state index contributed by atoms with van der Waals surface area (Å²) in [6, 6.07) is 16.3. The molecule has 4 aromatic rings. The van der Waals surface area contributed by atoms with Crippen molar-refractivity contribution in [2.75, 3.05) is 0 Å². The maximum absolute atomic E-state index is 8.50. The van der Waals surface area contributed by atoms with Crippen molar-refractivity contribution < 1.29 is 0 Å². The van der Waals surface area contributed by atoms with Crippen LogP contribution in [-0.2, 0) is 22.7 Å². The fourth-order valence-corrected chi connectivity index (χ4v) is 8.29. The number of nitrogens with zero attached hydrogens (tertiary/aromatic N) is 1. The van der Waals surface area contributed by atoms with Gasteiger partial charge in [-0.15, -0.1) is 0 Å². The van der Waals surface area contributed by atoms with E-state index in [9.17, 15) is 0 Å². The van der Waals surface area contributed by atoms with Gasteiger partial charge in [-0.2, -0.15) is 0 Å². The zero-order valence-corrected chi connectivity index (χ0v) is 24.9. The number of aromatic amines is 1. The highest BCUT2D eigenvalue weighted by atomic mass is 14.8. The van der Waals surface area contributed by atoms with E-state index >= 15 is 0 Å². The number of benzene rings is 3. The predicted molar refractivity (Wildman–Crippen MR) is 167 cm³/mol. The van der Waals surface area contributed by atoms with E-state index in [0.717, 1.165) is 36.9 Å². The van der Waals surface area contributed by atoms with Crippen molar-refractivity contribution in [2.45, 2.75) is 116 Å². The minimum absolute atomic E-state index is 0.101. The summed E-state index contributed by atoms with van der Waals surface area (Å²) in [6.07, 6.45) is 10.8. The first-order chi connectivity index (χ1) is 18.7. The number of rotatable bonds is 5. The lowest BCUT2D eigenvalue weighted by Crippen LogP contribution is -2.23. The van der Waals surface area contributed by atoms with E-state index in [0.29, 0.717) is 0 Å². The molecule has 3 aromatic carbocycles. The van der Waals surface area contributed by atoms with Crippen molar-refractivity contribution in [3.05, 3.63) is 76.1 Å². The molecular formula is C37H44N2. The normalized spacial score (nSPS) is 16.8. The second-order valence-corrected chi connectivity index (χ2v) is 13.5. The van der Waals surface area contributed by atoms with E-state index in [2.05, 4.69) is 93.8 Å². The molecule has 0 saturated heterocycles. The highest BCUT2D eigenvalue weighted by molar-refractivity contribution is 6.17. The van der Waals surface area contributed by atoms with Gasteiger partial charge in [-0.25, -0.2) is 4.85 Å². The van der Waals surface area contributed by atoms with E-state index < -0.39 is 0 Å². The van der Waals surface area contributed by atoms with Crippen LogP contribution in [0.3, 0.4) is 0 Å². The van der Waals surface area contributed by atoms with Crippen LogP contribution in [0.25, 0.3) is 37.8 Å². The smallest absolute Gasteiger partial charge is 0.200 e. The third kappa shape index (κ3) is 3.80. The fourth-order valence-electron chi connectivity index (χ4n) is 8.29. The van der Waals surface area contributed by atoms with Crippen molar-refractivity contribution in [3.8, 4) is 11.1 Å². The van der Waals surface area contributed by atoms with E-state index in [1.807, 2.05) is 0 Å². The van der Waals surface area contributed by atoms with Crippen molar-refractivity contribution >= 4 is 27.5 Å². The summed E-state index contributed by atoms with van der Waals surface area (Å²) in [7, 11) is 0. The molecule has 2 aliphatic rings. The molecule has 1 N–H and O–H groups in total. The predicted octanol–water partition coefficient (Wildman–Crippen LogP) is 11.1. The van der Waals surface area contributed by atoms with Gasteiger partial charge in [0.15, 0.2) is 0 Å². The van der Waals surface area contributed by atoms with Gasteiger partial charge < -0.3 is 4.98 Å². The standard InChI is InChI=1S/C37H44N2/c1-8-36(9-2,10-3)26-17-18-29-28(23-26)31-27-19-22-37(20-11-12-21-37)32(27)34(38-7)30(33(31)39-29)24-13-15-25(16-14-24)35(4,5)6/h13-18,23,39H,8-12,19-22H2,1-6H3. The van der Waals surface area contributed by atoms with Crippen LogP contribution in [0.5, 0.6) is 0 Å². The topological polar surface area (TPSA) is 20.1 Å². The van der Waals surface area contributed by atoms with Crippen LogP contribution < -0.4 is 0 Å². The summed E-state index contributed by atoms with van der Waals surface area (Å²) in [6.45, 7) is 22.3. The SMILES string of the molecule is [C-]#[N+]c1c2c(c3c([nH]c4ccc(C(CC)(CC)CC)cc43)c1-c1ccc(C(C)(C)C)cc1)CCC21CCCC1. The van der Waals surface area contributed by atoms with Gasteiger partial charge in [-0.1, -0.05) is 84.7 Å². The second kappa shape index (κ2) is 9.26. The van der Waals surface area contributed by atoms with Gasteiger partial charge in [0.05, 0.1) is 6.57 Å². The Morgan fingerprint density at radius 3 is 2.10 bits per heavy atom. The molecule has 0 aliphatic heterocycles. The van der Waals surface area contributed by atoms with Gasteiger partial charge >= 0.3 is 0 Å². The van der Waals surface area contributed by atoms with E-state index in [1.54, 1.807) is 0 Å². The molecule has 2 aliphatic carbocycles. The second-order valence-electron chi connectivity index (χ2n) is 13.5. The van der Waals surface area contributed by atoms with Crippen molar-refractivity contribution in [3.63, 3.8) is 0 Å². The number of aromatic nitrogens is 1. The molecule has 0 bridgehead atoms. The van der Waals surface area contributed by atoms with Crippen LogP contribution in [0, 0.1) is 6.57 Å². The van der Waals surface area contributed by atoms with Gasteiger partial charge in [0.1, 0.15) is 0 Å². The average molecular weight is 517 g/mol. The Labute approximate surface area is 235 Å². The van der Waals surface area contributed by atoms with Crippen LogP contribution >= 0.6 is 0 Å². The minimum atomic E-state index is 0.101. The lowest BCUT2D eigenvalue weighted by molar-refractivity contribution is 0.382. The lowest BCUT2D eigenvalue weighted by Gasteiger charge is -2.31. The monoisotopic (exact) mass is 516 g/mol. The van der Waals surface area contributed by atoms with Crippen molar-refractivity contribution in [2.24, 2.45) is 0 Å². The third-order valence-electron chi connectivity index (χ3n) is 10.9. The molecule has 1 fully saturated rings. The molecule has 2 nitrogen and oxygen atoms in total. The molecule has 1 aromatic heterocycles. The Morgan fingerprint density at radius 1 is 0.872 bits per heavy atom. The Balaban J connectivity index is 1.71. The molecule has 0 atom stereocenters. The number of nitrogens with one attached hydrogen (secondary N) is 1. The van der Waals surface area contributed by atoms with Crippen LogP contribution in [0.1, 0.15) is 115 Å². The van der Waals surface area contributed by atoms with Crippen LogP contribution in [0.4, 0.5) is 5.69 Å². The first kappa shape index (κ1) is 26.2. The maximum atomic E-state index is 8.50. The summed E-state index contributed by atoms with van der Waals surface area (Å²) >= 11 is 0. The molecule has 0 radical (unpaired) electrons. The maximum Gasteiger partial charge on any atom is 0.200 e. The van der Waals surface area contributed by atoms with Gasteiger partial charge in [-0.3, -0.25) is 0 Å². The zero-order chi connectivity index (χ0) is 27.6. The van der Waals surface area contributed by atoms with E-state index in [4.69, 9.17) is 6.57 Å². The van der Waals surface area contributed by atoms with Crippen molar-refractivity contribution in [1.82, 2.24) is 4.98 Å². The number of fused-ring (bicyclic) bond motifs is 6.